The van der Waals surface area contributed by atoms with Crippen LogP contribution in [0.3, 0.4) is 0 Å². The molecule has 0 bridgehead atoms. The van der Waals surface area contributed by atoms with Crippen LogP contribution in [0.1, 0.15) is 45.6 Å². The molecule has 36 heavy (non-hydrogen) atoms. The fourth-order valence-electron chi connectivity index (χ4n) is 4.30. The highest BCUT2D eigenvalue weighted by Gasteiger charge is 2.31. The van der Waals surface area contributed by atoms with Crippen LogP contribution in [0.15, 0.2) is 53.6 Å². The normalized spacial score (nSPS) is 15.2. The number of amides is 1. The van der Waals surface area contributed by atoms with Crippen molar-refractivity contribution in [3.05, 3.63) is 59.2 Å². The number of fused-ring (bicyclic) bond motifs is 1. The van der Waals surface area contributed by atoms with Gasteiger partial charge in [-0.1, -0.05) is 44.5 Å². The summed E-state index contributed by atoms with van der Waals surface area (Å²) in [7, 11) is -1.66. The summed E-state index contributed by atoms with van der Waals surface area (Å²) in [5, 5.41) is 6.54. The molecule has 1 aliphatic rings. The first-order valence-electron chi connectivity index (χ1n) is 11.8. The molecule has 2 heterocycles. The Kier molecular flexibility index (Phi) is 7.24. The molecule has 190 valence electrons. The fourth-order valence-corrected chi connectivity index (χ4v) is 5.93. The van der Waals surface area contributed by atoms with Gasteiger partial charge in [0.25, 0.3) is 0 Å². The van der Waals surface area contributed by atoms with E-state index in [1.165, 1.54) is 6.20 Å². The van der Waals surface area contributed by atoms with Crippen molar-refractivity contribution in [1.82, 2.24) is 9.97 Å². The lowest BCUT2D eigenvalue weighted by molar-refractivity contribution is -0.118. The number of carbonyl (C=O) groups is 1. The number of aromatic nitrogens is 2. The first kappa shape index (κ1) is 25.9. The maximum Gasteiger partial charge on any atom is 0.229 e. The summed E-state index contributed by atoms with van der Waals surface area (Å²) in [6, 6.07) is 12.5. The van der Waals surface area contributed by atoms with Gasteiger partial charge in [-0.15, -0.1) is 0 Å². The average molecular weight is 528 g/mol. The quantitative estimate of drug-likeness (QED) is 0.398. The molecule has 8 nitrogen and oxygen atoms in total. The molecule has 1 amide bonds. The van der Waals surface area contributed by atoms with Crippen LogP contribution < -0.4 is 15.5 Å². The van der Waals surface area contributed by atoms with Gasteiger partial charge >= 0.3 is 0 Å². The molecule has 0 saturated carbocycles. The number of hydrogen-bond donors (Lipinski definition) is 2. The highest BCUT2D eigenvalue weighted by atomic mass is 35.5. The summed E-state index contributed by atoms with van der Waals surface area (Å²) in [6.45, 7) is 6.09. The van der Waals surface area contributed by atoms with Crippen LogP contribution >= 0.6 is 11.6 Å². The molecular formula is C26H30ClN5O3S. The Bertz CT molecular complexity index is 1410. The second-order valence-corrected chi connectivity index (χ2v) is 12.0. The highest BCUT2D eigenvalue weighted by Crippen LogP contribution is 2.40. The van der Waals surface area contributed by atoms with E-state index < -0.39 is 9.84 Å². The van der Waals surface area contributed by atoms with Crippen LogP contribution in [0, 0.1) is 0 Å². The lowest BCUT2D eigenvalue weighted by Gasteiger charge is -2.27. The largest absolute Gasteiger partial charge is 0.338 e. The van der Waals surface area contributed by atoms with Gasteiger partial charge in [0.15, 0.2) is 15.7 Å². The van der Waals surface area contributed by atoms with Crippen LogP contribution in [0.2, 0.25) is 5.02 Å². The number of hydrogen-bond acceptors (Lipinski definition) is 7. The predicted molar refractivity (Wildman–Crippen MR) is 145 cm³/mol. The molecular weight excluding hydrogens is 498 g/mol. The van der Waals surface area contributed by atoms with Crippen LogP contribution in [-0.2, 0) is 20.0 Å². The highest BCUT2D eigenvalue weighted by molar-refractivity contribution is 7.91. The smallest absolute Gasteiger partial charge is 0.229 e. The van der Waals surface area contributed by atoms with Gasteiger partial charge in [0.1, 0.15) is 5.02 Å². The number of rotatable bonds is 7. The molecule has 2 aromatic carbocycles. The Balaban J connectivity index is 1.65. The van der Waals surface area contributed by atoms with Gasteiger partial charge in [-0.2, -0.15) is 4.98 Å². The lowest BCUT2D eigenvalue weighted by Crippen LogP contribution is -2.25. The van der Waals surface area contributed by atoms with E-state index in [1.54, 1.807) is 36.2 Å². The molecule has 1 aliphatic heterocycles. The van der Waals surface area contributed by atoms with E-state index >= 15 is 0 Å². The van der Waals surface area contributed by atoms with E-state index in [1.807, 2.05) is 25.1 Å². The Labute approximate surface area is 217 Å². The van der Waals surface area contributed by atoms with E-state index in [9.17, 15) is 13.2 Å². The zero-order valence-electron chi connectivity index (χ0n) is 20.8. The monoisotopic (exact) mass is 527 g/mol. The van der Waals surface area contributed by atoms with Crippen molar-refractivity contribution in [3.8, 4) is 0 Å². The Hall–Kier alpha value is -3.17. The Morgan fingerprint density at radius 1 is 1.14 bits per heavy atom. The van der Waals surface area contributed by atoms with Crippen molar-refractivity contribution in [1.29, 1.82) is 0 Å². The Morgan fingerprint density at radius 3 is 2.64 bits per heavy atom. The topological polar surface area (TPSA) is 104 Å². The number of carbonyl (C=O) groups excluding carboxylic acids is 1. The molecule has 2 N–H and O–H groups in total. The van der Waals surface area contributed by atoms with Gasteiger partial charge in [-0.05, 0) is 54.2 Å². The third-order valence-corrected chi connectivity index (χ3v) is 8.62. The molecule has 4 rings (SSSR count). The van der Waals surface area contributed by atoms with E-state index in [-0.39, 0.29) is 32.8 Å². The predicted octanol–water partition coefficient (Wildman–Crippen LogP) is 5.84. The van der Waals surface area contributed by atoms with E-state index in [0.29, 0.717) is 24.5 Å². The first-order valence-corrected chi connectivity index (χ1v) is 13.8. The molecule has 0 atom stereocenters. The van der Waals surface area contributed by atoms with Gasteiger partial charge < -0.3 is 15.5 Å². The molecule has 3 aromatic rings. The third kappa shape index (κ3) is 5.32. The second kappa shape index (κ2) is 10.1. The first-order chi connectivity index (χ1) is 17.0. The lowest BCUT2D eigenvalue weighted by atomic mass is 9.80. The fraction of sp³-hybridized carbons (Fsp3) is 0.346. The summed E-state index contributed by atoms with van der Waals surface area (Å²) in [5.74, 6) is 0.728. The number of para-hydroxylation sites is 1. The number of anilines is 5. The van der Waals surface area contributed by atoms with Gasteiger partial charge in [-0.25, -0.2) is 13.4 Å². The number of benzene rings is 2. The molecule has 10 heteroatoms. The summed E-state index contributed by atoms with van der Waals surface area (Å²) in [4.78, 5) is 23.1. The van der Waals surface area contributed by atoms with Gasteiger partial charge in [0.05, 0.1) is 22.5 Å². The molecule has 0 spiro atoms. The van der Waals surface area contributed by atoms with Crippen molar-refractivity contribution in [2.24, 2.45) is 0 Å². The van der Waals surface area contributed by atoms with Crippen molar-refractivity contribution < 1.29 is 13.2 Å². The standard InChI is InChI=1S/C26H30ClN5O3S/c1-5-14-36(34,35)22-9-7-6-8-20(22)30-24-19(27)16-28-25(31-24)29-17-10-11-21-18(15-17)26(2,3)13-12-23(33)32(21)4/h6-11,15-16H,5,12-14H2,1-4H3,(H2,28,29,30,31). The van der Waals surface area contributed by atoms with Crippen LogP contribution in [0.25, 0.3) is 0 Å². The molecule has 1 aromatic heterocycles. The number of nitrogens with zero attached hydrogens (tertiary/aromatic N) is 3. The van der Waals surface area contributed by atoms with Crippen molar-refractivity contribution in [2.45, 2.75) is 50.3 Å². The molecule has 0 radical (unpaired) electrons. The summed E-state index contributed by atoms with van der Waals surface area (Å²) < 4.78 is 25.5. The third-order valence-electron chi connectivity index (χ3n) is 6.37. The summed E-state index contributed by atoms with van der Waals surface area (Å²) in [5.41, 5.74) is 2.93. The van der Waals surface area contributed by atoms with Crippen molar-refractivity contribution in [3.63, 3.8) is 0 Å². The van der Waals surface area contributed by atoms with Crippen molar-refractivity contribution in [2.75, 3.05) is 28.3 Å². The van der Waals surface area contributed by atoms with Crippen LogP contribution in [-0.4, -0.2) is 37.1 Å². The minimum Gasteiger partial charge on any atom is -0.338 e. The maximum absolute atomic E-state index is 12.7. The zero-order chi connectivity index (χ0) is 26.1. The number of nitrogens with one attached hydrogen (secondary N) is 2. The van der Waals surface area contributed by atoms with Crippen molar-refractivity contribution >= 4 is 56.2 Å². The van der Waals surface area contributed by atoms with E-state index in [4.69, 9.17) is 11.6 Å². The average Bonchev–Trinajstić information content (AvgIpc) is 2.92. The zero-order valence-corrected chi connectivity index (χ0v) is 22.4. The van der Waals surface area contributed by atoms with Crippen LogP contribution in [0.4, 0.5) is 28.8 Å². The maximum atomic E-state index is 12.7. The molecule has 0 saturated heterocycles. The van der Waals surface area contributed by atoms with E-state index in [0.717, 1.165) is 23.4 Å². The number of halogens is 1. The molecule has 0 fully saturated rings. The molecule has 0 unspecified atom stereocenters. The summed E-state index contributed by atoms with van der Waals surface area (Å²) in [6.07, 6.45) is 3.22. The van der Waals surface area contributed by atoms with Gasteiger partial charge in [-0.3, -0.25) is 4.79 Å². The minimum absolute atomic E-state index is 0.0471. The SMILES string of the molecule is CCCS(=O)(=O)c1ccccc1Nc1nc(Nc2ccc3c(c2)C(C)(C)CCC(=O)N3C)ncc1Cl. The summed E-state index contributed by atoms with van der Waals surface area (Å²) >= 11 is 6.35. The Morgan fingerprint density at radius 2 is 1.89 bits per heavy atom. The molecule has 0 aliphatic carbocycles. The van der Waals surface area contributed by atoms with Gasteiger partial charge in [0.2, 0.25) is 11.9 Å². The van der Waals surface area contributed by atoms with Gasteiger partial charge in [0, 0.05) is 24.8 Å². The number of sulfone groups is 1. The van der Waals surface area contributed by atoms with E-state index in [2.05, 4.69) is 34.4 Å². The minimum atomic E-state index is -3.46. The second-order valence-electron chi connectivity index (χ2n) is 9.52. The van der Waals surface area contributed by atoms with Crippen LogP contribution in [0.5, 0.6) is 0 Å².